The number of nitrogens with one attached hydrogen (secondary N) is 4. The quantitative estimate of drug-likeness (QED) is 0.284. The largest absolute Gasteiger partial charge is 0.494 e. The molecule has 0 heterocycles. The van der Waals surface area contributed by atoms with Crippen LogP contribution in [0.3, 0.4) is 0 Å². The summed E-state index contributed by atoms with van der Waals surface area (Å²) in [6, 6.07) is 20.4. The lowest BCUT2D eigenvalue weighted by atomic mass is 10.1. The third-order valence-corrected chi connectivity index (χ3v) is 4.85. The van der Waals surface area contributed by atoms with Crippen molar-refractivity contribution in [3.63, 3.8) is 0 Å². The van der Waals surface area contributed by atoms with Gasteiger partial charge in [-0.3, -0.25) is 14.4 Å². The molecule has 0 spiro atoms. The fourth-order valence-corrected chi connectivity index (χ4v) is 3.27. The van der Waals surface area contributed by atoms with Crippen LogP contribution in [-0.2, 0) is 4.79 Å². The van der Waals surface area contributed by atoms with Crippen LogP contribution in [0.4, 0.5) is 17.1 Å². The van der Waals surface area contributed by atoms with Crippen LogP contribution in [0.5, 0.6) is 5.75 Å². The maximum atomic E-state index is 12.9. The Morgan fingerprint density at radius 2 is 1.46 bits per heavy atom. The summed E-state index contributed by atoms with van der Waals surface area (Å²) in [5.41, 5.74) is 2.45. The van der Waals surface area contributed by atoms with Gasteiger partial charge in [0.25, 0.3) is 11.8 Å². The molecular formula is C25H24N4O5S. The summed E-state index contributed by atoms with van der Waals surface area (Å²) >= 11 is 5.38. The molecule has 3 aromatic rings. The second-order valence-corrected chi connectivity index (χ2v) is 7.60. The summed E-state index contributed by atoms with van der Waals surface area (Å²) in [6.45, 7) is 2.00. The van der Waals surface area contributed by atoms with Crippen LogP contribution in [0.25, 0.3) is 0 Å². The predicted molar refractivity (Wildman–Crippen MR) is 138 cm³/mol. The molecule has 180 valence electrons. The van der Waals surface area contributed by atoms with E-state index in [-0.39, 0.29) is 11.0 Å². The number of ether oxygens (including phenoxy) is 1. The van der Waals surface area contributed by atoms with Gasteiger partial charge in [0.1, 0.15) is 12.3 Å². The number of carboxylic acids is 1. The van der Waals surface area contributed by atoms with Crippen LogP contribution in [-0.4, -0.2) is 41.2 Å². The molecular weight excluding hydrogens is 468 g/mol. The second-order valence-electron chi connectivity index (χ2n) is 7.19. The molecule has 0 bridgehead atoms. The number of carbonyl (C=O) groups is 3. The number of hydrogen-bond donors (Lipinski definition) is 5. The minimum atomic E-state index is -1.12. The van der Waals surface area contributed by atoms with Crippen molar-refractivity contribution in [2.24, 2.45) is 0 Å². The fraction of sp³-hybridized carbons (Fsp3) is 0.120. The Morgan fingerprint density at radius 3 is 2.11 bits per heavy atom. The number of thiocarbonyl (C=S) groups is 1. The average Bonchev–Trinajstić information content (AvgIpc) is 2.84. The number of rotatable bonds is 9. The summed E-state index contributed by atoms with van der Waals surface area (Å²) in [4.78, 5) is 35.4. The van der Waals surface area contributed by atoms with Gasteiger partial charge in [-0.15, -0.1) is 0 Å². The summed E-state index contributed by atoms with van der Waals surface area (Å²) in [7, 11) is 0. The standard InChI is InChI=1S/C25H24N4O5S/c1-2-34-19-13-11-17(12-14-19)27-24(33)20-5-3-4-6-21(20)29-25(35)28-18-9-7-16(8-10-18)23(32)26-15-22(30)31/h3-14H,2,15H2,1H3,(H,26,32)(H,27,33)(H,30,31)(H2,28,29,35). The number of carbonyl (C=O) groups excluding carboxylic acids is 2. The van der Waals surface area contributed by atoms with Crippen molar-refractivity contribution in [1.29, 1.82) is 0 Å². The van der Waals surface area contributed by atoms with E-state index >= 15 is 0 Å². The van der Waals surface area contributed by atoms with Gasteiger partial charge in [0, 0.05) is 16.9 Å². The Kier molecular flexibility index (Phi) is 8.74. The highest BCUT2D eigenvalue weighted by molar-refractivity contribution is 7.80. The van der Waals surface area contributed by atoms with Crippen LogP contribution >= 0.6 is 12.2 Å². The van der Waals surface area contributed by atoms with Crippen molar-refractivity contribution in [2.75, 3.05) is 29.1 Å². The lowest BCUT2D eigenvalue weighted by molar-refractivity contribution is -0.135. The van der Waals surface area contributed by atoms with Crippen molar-refractivity contribution in [3.05, 3.63) is 83.9 Å². The monoisotopic (exact) mass is 492 g/mol. The first-order valence-electron chi connectivity index (χ1n) is 10.7. The first kappa shape index (κ1) is 25.2. The van der Waals surface area contributed by atoms with Gasteiger partial charge >= 0.3 is 5.97 Å². The lowest BCUT2D eigenvalue weighted by Gasteiger charge is -2.14. The van der Waals surface area contributed by atoms with Gasteiger partial charge in [-0.2, -0.15) is 0 Å². The molecule has 35 heavy (non-hydrogen) atoms. The van der Waals surface area contributed by atoms with Crippen molar-refractivity contribution in [1.82, 2.24) is 5.32 Å². The van der Waals surface area contributed by atoms with Crippen molar-refractivity contribution in [2.45, 2.75) is 6.92 Å². The fourth-order valence-electron chi connectivity index (χ4n) is 3.04. The number of carboxylic acid groups (broad SMARTS) is 1. The molecule has 0 radical (unpaired) electrons. The number of amides is 2. The highest BCUT2D eigenvalue weighted by atomic mass is 32.1. The maximum absolute atomic E-state index is 12.9. The van der Waals surface area contributed by atoms with Gasteiger partial charge in [0.05, 0.1) is 17.9 Å². The Morgan fingerprint density at radius 1 is 0.829 bits per heavy atom. The highest BCUT2D eigenvalue weighted by Gasteiger charge is 2.13. The zero-order valence-corrected chi connectivity index (χ0v) is 19.6. The van der Waals surface area contributed by atoms with Gasteiger partial charge in [-0.05, 0) is 79.8 Å². The number of aliphatic carboxylic acids is 1. The third-order valence-electron chi connectivity index (χ3n) is 4.65. The van der Waals surface area contributed by atoms with Gasteiger partial charge in [0.15, 0.2) is 5.11 Å². The van der Waals surface area contributed by atoms with E-state index in [4.69, 9.17) is 22.1 Å². The zero-order valence-electron chi connectivity index (χ0n) is 18.8. The van der Waals surface area contributed by atoms with Crippen molar-refractivity contribution >= 4 is 52.2 Å². The maximum Gasteiger partial charge on any atom is 0.322 e. The molecule has 5 N–H and O–H groups in total. The Hall–Kier alpha value is -4.44. The van der Waals surface area contributed by atoms with Crippen LogP contribution in [0.1, 0.15) is 27.6 Å². The predicted octanol–water partition coefficient (Wildman–Crippen LogP) is 3.96. The molecule has 3 aromatic carbocycles. The summed E-state index contributed by atoms with van der Waals surface area (Å²) < 4.78 is 5.41. The van der Waals surface area contributed by atoms with E-state index in [1.807, 2.05) is 6.92 Å². The molecule has 0 saturated carbocycles. The normalized spacial score (nSPS) is 10.1. The van der Waals surface area contributed by atoms with E-state index in [0.717, 1.165) is 5.75 Å². The van der Waals surface area contributed by atoms with E-state index in [0.29, 0.717) is 34.8 Å². The topological polar surface area (TPSA) is 129 Å². The minimum Gasteiger partial charge on any atom is -0.494 e. The second kappa shape index (κ2) is 12.1. The van der Waals surface area contributed by atoms with E-state index in [9.17, 15) is 14.4 Å². The number of para-hydroxylation sites is 1. The third kappa shape index (κ3) is 7.54. The van der Waals surface area contributed by atoms with Gasteiger partial charge < -0.3 is 31.1 Å². The molecule has 0 aliphatic carbocycles. The van der Waals surface area contributed by atoms with E-state index in [1.165, 1.54) is 0 Å². The van der Waals surface area contributed by atoms with Gasteiger partial charge in [-0.1, -0.05) is 12.1 Å². The number of hydrogen-bond acceptors (Lipinski definition) is 5. The molecule has 0 unspecified atom stereocenters. The SMILES string of the molecule is CCOc1ccc(NC(=O)c2ccccc2NC(=S)Nc2ccc(C(=O)NCC(=O)O)cc2)cc1. The van der Waals surface area contributed by atoms with Crippen molar-refractivity contribution < 1.29 is 24.2 Å². The molecule has 9 nitrogen and oxygen atoms in total. The Balaban J connectivity index is 1.61. The molecule has 0 saturated heterocycles. The first-order valence-corrected chi connectivity index (χ1v) is 11.1. The molecule has 0 aliphatic rings. The van der Waals surface area contributed by atoms with E-state index in [2.05, 4.69) is 21.3 Å². The average molecular weight is 493 g/mol. The van der Waals surface area contributed by atoms with E-state index < -0.39 is 18.4 Å². The van der Waals surface area contributed by atoms with Crippen LogP contribution in [0, 0.1) is 0 Å². The van der Waals surface area contributed by atoms with Crippen LogP contribution in [0.15, 0.2) is 72.8 Å². The Labute approximate surface area is 207 Å². The Bertz CT molecular complexity index is 1210. The van der Waals surface area contributed by atoms with Gasteiger partial charge in [-0.25, -0.2) is 0 Å². The van der Waals surface area contributed by atoms with Crippen molar-refractivity contribution in [3.8, 4) is 5.75 Å². The molecule has 0 aliphatic heterocycles. The molecule has 0 fully saturated rings. The number of anilines is 3. The highest BCUT2D eigenvalue weighted by Crippen LogP contribution is 2.20. The summed E-state index contributed by atoms with van der Waals surface area (Å²) in [6.07, 6.45) is 0. The van der Waals surface area contributed by atoms with Crippen LogP contribution < -0.4 is 26.0 Å². The number of benzene rings is 3. The molecule has 10 heteroatoms. The molecule has 0 atom stereocenters. The lowest BCUT2D eigenvalue weighted by Crippen LogP contribution is -2.29. The first-order chi connectivity index (χ1) is 16.9. The smallest absolute Gasteiger partial charge is 0.322 e. The summed E-state index contributed by atoms with van der Waals surface area (Å²) in [5.74, 6) is -1.21. The van der Waals surface area contributed by atoms with Crippen LogP contribution in [0.2, 0.25) is 0 Å². The van der Waals surface area contributed by atoms with E-state index in [1.54, 1.807) is 72.8 Å². The minimum absolute atomic E-state index is 0.245. The molecule has 3 rings (SSSR count). The zero-order chi connectivity index (χ0) is 25.2. The molecule has 0 aromatic heterocycles. The molecule has 2 amide bonds. The van der Waals surface area contributed by atoms with Gasteiger partial charge in [0.2, 0.25) is 0 Å². The summed E-state index contributed by atoms with van der Waals surface area (Å²) in [5, 5.41) is 20.0.